The molecule has 2 N–H and O–H groups in total. The molecule has 3 rings (SSSR count). The van der Waals surface area contributed by atoms with E-state index in [1.54, 1.807) is 0 Å². The monoisotopic (exact) mass is 311 g/mol. The number of aromatic nitrogens is 4. The first-order chi connectivity index (χ1) is 11.1. The number of carbonyl (C=O) groups is 1. The van der Waals surface area contributed by atoms with Gasteiger partial charge in [0.05, 0.1) is 11.4 Å². The van der Waals surface area contributed by atoms with Gasteiger partial charge < -0.3 is 5.32 Å². The number of pyridine rings is 1. The molecule has 3 heterocycles. The predicted octanol–water partition coefficient (Wildman–Crippen LogP) is 2.35. The second-order valence-corrected chi connectivity index (χ2v) is 5.75. The number of nitrogens with one attached hydrogen (secondary N) is 2. The SMILES string of the molecule is Cc1n[nH]c(C)c1CCCNC(=O)c1c(C)nc2ccccn12. The Morgan fingerprint density at radius 3 is 2.83 bits per heavy atom. The van der Waals surface area contributed by atoms with E-state index in [4.69, 9.17) is 0 Å². The van der Waals surface area contributed by atoms with Crippen molar-refractivity contribution in [3.8, 4) is 0 Å². The van der Waals surface area contributed by atoms with Crippen LogP contribution in [0.15, 0.2) is 24.4 Å². The van der Waals surface area contributed by atoms with Gasteiger partial charge in [-0.15, -0.1) is 0 Å². The maximum absolute atomic E-state index is 12.4. The molecular formula is C17H21N5O. The molecule has 0 bridgehead atoms. The molecule has 0 aromatic carbocycles. The van der Waals surface area contributed by atoms with Gasteiger partial charge in [0.1, 0.15) is 11.3 Å². The molecule has 6 nitrogen and oxygen atoms in total. The van der Waals surface area contributed by atoms with Crippen LogP contribution >= 0.6 is 0 Å². The smallest absolute Gasteiger partial charge is 0.270 e. The van der Waals surface area contributed by atoms with E-state index >= 15 is 0 Å². The summed E-state index contributed by atoms with van der Waals surface area (Å²) in [5.74, 6) is -0.0816. The molecule has 3 aromatic rings. The number of nitrogens with zero attached hydrogens (tertiary/aromatic N) is 3. The van der Waals surface area contributed by atoms with Crippen molar-refractivity contribution in [1.29, 1.82) is 0 Å². The Hall–Kier alpha value is -2.63. The molecule has 0 radical (unpaired) electrons. The van der Waals surface area contributed by atoms with Crippen molar-refractivity contribution in [2.24, 2.45) is 0 Å². The molecule has 6 heteroatoms. The zero-order valence-corrected chi connectivity index (χ0v) is 13.7. The van der Waals surface area contributed by atoms with E-state index in [-0.39, 0.29) is 5.91 Å². The van der Waals surface area contributed by atoms with Gasteiger partial charge in [0, 0.05) is 18.4 Å². The molecule has 0 atom stereocenters. The minimum atomic E-state index is -0.0816. The molecule has 0 spiro atoms. The normalized spacial score (nSPS) is 11.1. The van der Waals surface area contributed by atoms with Gasteiger partial charge in [0.25, 0.3) is 5.91 Å². The summed E-state index contributed by atoms with van der Waals surface area (Å²) < 4.78 is 1.83. The summed E-state index contributed by atoms with van der Waals surface area (Å²) >= 11 is 0. The molecule has 0 aliphatic carbocycles. The van der Waals surface area contributed by atoms with Gasteiger partial charge in [0.2, 0.25) is 0 Å². The second kappa shape index (κ2) is 6.24. The Morgan fingerprint density at radius 1 is 1.26 bits per heavy atom. The minimum Gasteiger partial charge on any atom is -0.351 e. The number of imidazole rings is 1. The topological polar surface area (TPSA) is 75.1 Å². The molecule has 0 aliphatic heterocycles. The van der Waals surface area contributed by atoms with Gasteiger partial charge >= 0.3 is 0 Å². The fourth-order valence-corrected chi connectivity index (χ4v) is 2.88. The van der Waals surface area contributed by atoms with Gasteiger partial charge in [-0.3, -0.25) is 14.3 Å². The third-order valence-electron chi connectivity index (χ3n) is 4.09. The van der Waals surface area contributed by atoms with E-state index in [1.165, 1.54) is 5.56 Å². The van der Waals surface area contributed by atoms with Crippen molar-refractivity contribution >= 4 is 11.6 Å². The van der Waals surface area contributed by atoms with E-state index in [0.29, 0.717) is 12.2 Å². The van der Waals surface area contributed by atoms with Gasteiger partial charge in [-0.25, -0.2) is 4.98 Å². The fourth-order valence-electron chi connectivity index (χ4n) is 2.88. The average molecular weight is 311 g/mol. The minimum absolute atomic E-state index is 0.0816. The molecule has 0 fully saturated rings. The summed E-state index contributed by atoms with van der Waals surface area (Å²) in [6, 6.07) is 5.71. The van der Waals surface area contributed by atoms with Crippen molar-refractivity contribution in [3.63, 3.8) is 0 Å². The third-order valence-corrected chi connectivity index (χ3v) is 4.09. The van der Waals surface area contributed by atoms with Crippen LogP contribution in [0.1, 0.15) is 39.6 Å². The van der Waals surface area contributed by atoms with E-state index in [9.17, 15) is 4.79 Å². The molecule has 0 saturated heterocycles. The number of aryl methyl sites for hydroxylation is 3. The number of fused-ring (bicyclic) bond motifs is 1. The molecule has 0 saturated carbocycles. The number of rotatable bonds is 5. The van der Waals surface area contributed by atoms with Crippen LogP contribution in [0.2, 0.25) is 0 Å². The lowest BCUT2D eigenvalue weighted by molar-refractivity contribution is 0.0946. The first-order valence-electron chi connectivity index (χ1n) is 7.80. The Labute approximate surface area is 134 Å². The highest BCUT2D eigenvalue weighted by molar-refractivity contribution is 5.94. The highest BCUT2D eigenvalue weighted by atomic mass is 16.1. The Kier molecular flexibility index (Phi) is 4.14. The summed E-state index contributed by atoms with van der Waals surface area (Å²) in [5, 5.41) is 10.2. The van der Waals surface area contributed by atoms with Crippen LogP contribution in [0.25, 0.3) is 5.65 Å². The van der Waals surface area contributed by atoms with Crippen molar-refractivity contribution in [2.45, 2.75) is 33.6 Å². The van der Waals surface area contributed by atoms with Crippen molar-refractivity contribution < 1.29 is 4.79 Å². The van der Waals surface area contributed by atoms with Crippen LogP contribution in [0, 0.1) is 20.8 Å². The summed E-state index contributed by atoms with van der Waals surface area (Å²) in [4.78, 5) is 16.9. The summed E-state index contributed by atoms with van der Waals surface area (Å²) in [7, 11) is 0. The third kappa shape index (κ3) is 2.97. The fraction of sp³-hybridized carbons (Fsp3) is 0.353. The lowest BCUT2D eigenvalue weighted by atomic mass is 10.1. The number of H-pyrrole nitrogens is 1. The lowest BCUT2D eigenvalue weighted by Gasteiger charge is -2.06. The molecule has 0 unspecified atom stereocenters. The first-order valence-corrected chi connectivity index (χ1v) is 7.80. The van der Waals surface area contributed by atoms with E-state index in [0.717, 1.165) is 35.6 Å². The van der Waals surface area contributed by atoms with Crippen LogP contribution in [0.5, 0.6) is 0 Å². The van der Waals surface area contributed by atoms with Crippen LogP contribution in [-0.4, -0.2) is 32.0 Å². The van der Waals surface area contributed by atoms with E-state index < -0.39 is 0 Å². The van der Waals surface area contributed by atoms with Gasteiger partial charge in [-0.05, 0) is 51.3 Å². The van der Waals surface area contributed by atoms with Crippen molar-refractivity contribution in [2.75, 3.05) is 6.54 Å². The van der Waals surface area contributed by atoms with Gasteiger partial charge in [-0.2, -0.15) is 5.10 Å². The largest absolute Gasteiger partial charge is 0.351 e. The zero-order valence-electron chi connectivity index (χ0n) is 13.7. The van der Waals surface area contributed by atoms with E-state index in [2.05, 4.69) is 20.5 Å². The molecule has 3 aromatic heterocycles. The molecular weight excluding hydrogens is 290 g/mol. The Bertz CT molecular complexity index is 826. The molecule has 120 valence electrons. The molecule has 1 amide bonds. The summed E-state index contributed by atoms with van der Waals surface area (Å²) in [6.45, 7) is 6.51. The molecule has 0 aliphatic rings. The number of carbonyl (C=O) groups excluding carboxylic acids is 1. The predicted molar refractivity (Wildman–Crippen MR) is 88.6 cm³/mol. The first kappa shape index (κ1) is 15.3. The summed E-state index contributed by atoms with van der Waals surface area (Å²) in [5.41, 5.74) is 5.52. The lowest BCUT2D eigenvalue weighted by Crippen LogP contribution is -2.26. The maximum Gasteiger partial charge on any atom is 0.270 e. The second-order valence-electron chi connectivity index (χ2n) is 5.75. The number of hydrogen-bond donors (Lipinski definition) is 2. The van der Waals surface area contributed by atoms with E-state index in [1.807, 2.05) is 49.6 Å². The average Bonchev–Trinajstić information content (AvgIpc) is 3.03. The van der Waals surface area contributed by atoms with Crippen LogP contribution < -0.4 is 5.32 Å². The Morgan fingerprint density at radius 2 is 2.09 bits per heavy atom. The molecule has 23 heavy (non-hydrogen) atoms. The highest BCUT2D eigenvalue weighted by Gasteiger charge is 2.15. The standard InChI is InChI=1S/C17H21N5O/c1-11-14(12(2)21-20-11)7-6-9-18-17(23)16-13(3)19-15-8-4-5-10-22(15)16/h4-5,8,10H,6-7,9H2,1-3H3,(H,18,23)(H,20,21). The summed E-state index contributed by atoms with van der Waals surface area (Å²) in [6.07, 6.45) is 3.64. The van der Waals surface area contributed by atoms with Crippen LogP contribution in [-0.2, 0) is 6.42 Å². The number of hydrogen-bond acceptors (Lipinski definition) is 3. The van der Waals surface area contributed by atoms with Crippen LogP contribution in [0.3, 0.4) is 0 Å². The quantitative estimate of drug-likeness (QED) is 0.710. The van der Waals surface area contributed by atoms with Gasteiger partial charge in [-0.1, -0.05) is 6.07 Å². The zero-order chi connectivity index (χ0) is 16.4. The Balaban J connectivity index is 1.62. The number of amides is 1. The highest BCUT2D eigenvalue weighted by Crippen LogP contribution is 2.13. The maximum atomic E-state index is 12.4. The van der Waals surface area contributed by atoms with Crippen LogP contribution in [0.4, 0.5) is 0 Å². The number of aromatic amines is 1. The van der Waals surface area contributed by atoms with Gasteiger partial charge in [0.15, 0.2) is 0 Å². The van der Waals surface area contributed by atoms with Crippen molar-refractivity contribution in [3.05, 3.63) is 52.7 Å². The van der Waals surface area contributed by atoms with Crippen molar-refractivity contribution in [1.82, 2.24) is 24.9 Å².